The molecule has 0 fully saturated rings. The van der Waals surface area contributed by atoms with E-state index in [1.165, 1.54) is 0 Å². The Morgan fingerprint density at radius 1 is 1.38 bits per heavy atom. The lowest BCUT2D eigenvalue weighted by Gasteiger charge is -1.98. The highest BCUT2D eigenvalue weighted by Gasteiger charge is 1.99. The first-order valence-electron chi connectivity index (χ1n) is 3.69. The smallest absolute Gasteiger partial charge is 0.166 e. The number of nitrogen functional groups attached to an aromatic ring is 1. The number of aromatic nitrogens is 3. The highest BCUT2D eigenvalue weighted by atomic mass is 79.9. The van der Waals surface area contributed by atoms with E-state index in [1.807, 2.05) is 24.3 Å². The fourth-order valence-electron chi connectivity index (χ4n) is 1.02. The lowest BCUT2D eigenvalue weighted by atomic mass is 10.3. The number of rotatable bonds is 1. The Bertz CT molecular complexity index is 424. The molecule has 2 aromatic rings. The molecule has 0 spiro atoms. The molecule has 0 aliphatic heterocycles. The molecule has 0 saturated carbocycles. The molecule has 0 unspecified atom stereocenters. The number of anilines is 1. The second-order valence-corrected chi connectivity index (χ2v) is 3.48. The molecule has 1 heterocycles. The minimum absolute atomic E-state index is 0.417. The standard InChI is InChI=1S/C8H7BrN4/c9-6-2-1-3-7(4-6)13-5-8(10)11-12-13/h1-5H,10H2. The number of nitrogens with two attached hydrogens (primary N) is 1. The van der Waals surface area contributed by atoms with Gasteiger partial charge in [0.15, 0.2) is 5.82 Å². The maximum atomic E-state index is 5.45. The molecule has 66 valence electrons. The fraction of sp³-hybridized carbons (Fsp3) is 0. The van der Waals surface area contributed by atoms with E-state index in [0.29, 0.717) is 5.82 Å². The lowest BCUT2D eigenvalue weighted by Crippen LogP contribution is -1.94. The molecule has 0 atom stereocenters. The summed E-state index contributed by atoms with van der Waals surface area (Å²) in [4.78, 5) is 0. The Morgan fingerprint density at radius 3 is 2.85 bits per heavy atom. The molecular weight excluding hydrogens is 232 g/mol. The van der Waals surface area contributed by atoms with Gasteiger partial charge in [-0.15, -0.1) is 5.10 Å². The van der Waals surface area contributed by atoms with Crippen LogP contribution in [0.3, 0.4) is 0 Å². The summed E-state index contributed by atoms with van der Waals surface area (Å²) in [5.41, 5.74) is 6.38. The third-order valence-electron chi connectivity index (χ3n) is 1.58. The van der Waals surface area contributed by atoms with Crippen molar-refractivity contribution in [2.24, 2.45) is 0 Å². The van der Waals surface area contributed by atoms with Gasteiger partial charge in [0.05, 0.1) is 11.9 Å². The van der Waals surface area contributed by atoms with E-state index in [9.17, 15) is 0 Å². The van der Waals surface area contributed by atoms with Gasteiger partial charge in [-0.3, -0.25) is 0 Å². The Balaban J connectivity index is 2.46. The molecule has 0 amide bonds. The Labute approximate surface area is 83.5 Å². The minimum atomic E-state index is 0.417. The second-order valence-electron chi connectivity index (χ2n) is 2.57. The van der Waals surface area contributed by atoms with Crippen molar-refractivity contribution in [2.75, 3.05) is 5.73 Å². The van der Waals surface area contributed by atoms with Crippen LogP contribution in [0.2, 0.25) is 0 Å². The van der Waals surface area contributed by atoms with Crippen LogP contribution in [-0.4, -0.2) is 15.0 Å². The van der Waals surface area contributed by atoms with Gasteiger partial charge >= 0.3 is 0 Å². The molecule has 1 aromatic heterocycles. The van der Waals surface area contributed by atoms with Crippen LogP contribution in [0.15, 0.2) is 34.9 Å². The summed E-state index contributed by atoms with van der Waals surface area (Å²) in [6.45, 7) is 0. The van der Waals surface area contributed by atoms with Gasteiger partial charge in [0.25, 0.3) is 0 Å². The molecule has 0 aliphatic rings. The summed E-state index contributed by atoms with van der Waals surface area (Å²) >= 11 is 3.37. The van der Waals surface area contributed by atoms with E-state index in [2.05, 4.69) is 26.2 Å². The molecular formula is C8H7BrN4. The zero-order chi connectivity index (χ0) is 9.26. The van der Waals surface area contributed by atoms with E-state index >= 15 is 0 Å². The van der Waals surface area contributed by atoms with Gasteiger partial charge in [0, 0.05) is 4.47 Å². The molecule has 0 aliphatic carbocycles. The highest BCUT2D eigenvalue weighted by Crippen LogP contribution is 2.14. The lowest BCUT2D eigenvalue weighted by molar-refractivity contribution is 0.803. The summed E-state index contributed by atoms with van der Waals surface area (Å²) in [5, 5.41) is 7.55. The van der Waals surface area contributed by atoms with Gasteiger partial charge < -0.3 is 5.73 Å². The van der Waals surface area contributed by atoms with Crippen LogP contribution in [-0.2, 0) is 0 Å². The molecule has 13 heavy (non-hydrogen) atoms. The maximum Gasteiger partial charge on any atom is 0.166 e. The van der Waals surface area contributed by atoms with Gasteiger partial charge in [-0.05, 0) is 18.2 Å². The summed E-state index contributed by atoms with van der Waals surface area (Å²) in [6.07, 6.45) is 1.67. The van der Waals surface area contributed by atoms with Crippen molar-refractivity contribution in [3.8, 4) is 5.69 Å². The van der Waals surface area contributed by atoms with Gasteiger partial charge in [-0.2, -0.15) is 0 Å². The third kappa shape index (κ3) is 1.70. The minimum Gasteiger partial charge on any atom is -0.381 e. The van der Waals surface area contributed by atoms with Gasteiger partial charge in [-0.1, -0.05) is 27.2 Å². The largest absolute Gasteiger partial charge is 0.381 e. The molecule has 0 radical (unpaired) electrons. The van der Waals surface area contributed by atoms with E-state index in [1.54, 1.807) is 10.9 Å². The Kier molecular flexibility index (Phi) is 2.02. The van der Waals surface area contributed by atoms with Crippen LogP contribution in [0.5, 0.6) is 0 Å². The predicted octanol–water partition coefficient (Wildman–Crippen LogP) is 1.61. The van der Waals surface area contributed by atoms with Crippen molar-refractivity contribution in [2.45, 2.75) is 0 Å². The number of hydrogen-bond donors (Lipinski definition) is 1. The first-order valence-corrected chi connectivity index (χ1v) is 4.49. The molecule has 2 rings (SSSR count). The van der Waals surface area contributed by atoms with E-state index < -0.39 is 0 Å². The quantitative estimate of drug-likeness (QED) is 0.822. The SMILES string of the molecule is Nc1cn(-c2cccc(Br)c2)nn1. The van der Waals surface area contributed by atoms with Crippen LogP contribution >= 0.6 is 15.9 Å². The van der Waals surface area contributed by atoms with Crippen molar-refractivity contribution >= 4 is 21.7 Å². The fourth-order valence-corrected chi connectivity index (χ4v) is 1.41. The van der Waals surface area contributed by atoms with Crippen LogP contribution in [0.4, 0.5) is 5.82 Å². The summed E-state index contributed by atoms with van der Waals surface area (Å²) in [7, 11) is 0. The average molecular weight is 239 g/mol. The van der Waals surface area contributed by atoms with Crippen LogP contribution in [0.25, 0.3) is 5.69 Å². The number of benzene rings is 1. The zero-order valence-electron chi connectivity index (χ0n) is 6.68. The summed E-state index contributed by atoms with van der Waals surface area (Å²) < 4.78 is 2.62. The zero-order valence-corrected chi connectivity index (χ0v) is 8.27. The molecule has 1 aromatic carbocycles. The second kappa shape index (κ2) is 3.18. The van der Waals surface area contributed by atoms with Crippen molar-refractivity contribution in [3.63, 3.8) is 0 Å². The van der Waals surface area contributed by atoms with Crippen molar-refractivity contribution < 1.29 is 0 Å². The summed E-state index contributed by atoms with van der Waals surface area (Å²) in [5.74, 6) is 0.417. The molecule has 0 bridgehead atoms. The van der Waals surface area contributed by atoms with Crippen molar-refractivity contribution in [3.05, 3.63) is 34.9 Å². The molecule has 2 N–H and O–H groups in total. The normalized spacial score (nSPS) is 10.2. The van der Waals surface area contributed by atoms with Crippen LogP contribution in [0.1, 0.15) is 0 Å². The molecule has 0 saturated heterocycles. The first-order chi connectivity index (χ1) is 6.25. The Morgan fingerprint density at radius 2 is 2.23 bits per heavy atom. The maximum absolute atomic E-state index is 5.45. The molecule has 5 heteroatoms. The van der Waals surface area contributed by atoms with E-state index in [-0.39, 0.29) is 0 Å². The van der Waals surface area contributed by atoms with Gasteiger partial charge in [-0.25, -0.2) is 4.68 Å². The third-order valence-corrected chi connectivity index (χ3v) is 2.08. The monoisotopic (exact) mass is 238 g/mol. The topological polar surface area (TPSA) is 56.7 Å². The highest BCUT2D eigenvalue weighted by molar-refractivity contribution is 9.10. The van der Waals surface area contributed by atoms with Crippen LogP contribution in [0, 0.1) is 0 Å². The summed E-state index contributed by atoms with van der Waals surface area (Å²) in [6, 6.07) is 7.74. The first kappa shape index (κ1) is 8.25. The number of nitrogens with zero attached hydrogens (tertiary/aromatic N) is 3. The van der Waals surface area contributed by atoms with Crippen LogP contribution < -0.4 is 5.73 Å². The average Bonchev–Trinajstić information content (AvgIpc) is 2.52. The number of halogens is 1. The van der Waals surface area contributed by atoms with Gasteiger partial charge in [0.1, 0.15) is 0 Å². The predicted molar refractivity (Wildman–Crippen MR) is 53.5 cm³/mol. The van der Waals surface area contributed by atoms with E-state index in [4.69, 9.17) is 5.73 Å². The number of hydrogen-bond acceptors (Lipinski definition) is 3. The van der Waals surface area contributed by atoms with E-state index in [0.717, 1.165) is 10.2 Å². The van der Waals surface area contributed by atoms with Crippen molar-refractivity contribution in [1.29, 1.82) is 0 Å². The molecule has 4 nitrogen and oxygen atoms in total. The van der Waals surface area contributed by atoms with Crippen molar-refractivity contribution in [1.82, 2.24) is 15.0 Å². The Hall–Kier alpha value is -1.36. The van der Waals surface area contributed by atoms with Gasteiger partial charge in [0.2, 0.25) is 0 Å².